The van der Waals surface area contributed by atoms with Gasteiger partial charge < -0.3 is 9.84 Å². The van der Waals surface area contributed by atoms with E-state index in [0.717, 1.165) is 29.8 Å². The van der Waals surface area contributed by atoms with Gasteiger partial charge in [0.25, 0.3) is 0 Å². The van der Waals surface area contributed by atoms with Gasteiger partial charge in [-0.2, -0.15) is 0 Å². The fourth-order valence-electron chi connectivity index (χ4n) is 3.75. The minimum absolute atomic E-state index is 0.106. The molecule has 0 aromatic heterocycles. The highest BCUT2D eigenvalue weighted by molar-refractivity contribution is 5.44. The van der Waals surface area contributed by atoms with Gasteiger partial charge in [-0.3, -0.25) is 4.90 Å². The molecule has 1 aromatic carbocycles. The zero-order valence-electron chi connectivity index (χ0n) is 12.5. The third kappa shape index (κ3) is 2.33. The molecule has 1 fully saturated rings. The van der Waals surface area contributed by atoms with Crippen molar-refractivity contribution in [1.82, 2.24) is 4.90 Å². The van der Waals surface area contributed by atoms with E-state index in [2.05, 4.69) is 11.8 Å². The van der Waals surface area contributed by atoms with Crippen LogP contribution >= 0.6 is 0 Å². The largest absolute Gasteiger partial charge is 0.491 e. The molecule has 1 N–H and O–H groups in total. The maximum Gasteiger partial charge on any atom is 0.128 e. The molecular formula is C17H25NO2. The van der Waals surface area contributed by atoms with Crippen LogP contribution in [-0.2, 0) is 0 Å². The first-order valence-electron chi connectivity index (χ1n) is 7.88. The fourth-order valence-corrected chi connectivity index (χ4v) is 3.75. The molecule has 0 radical (unpaired) electrons. The Labute approximate surface area is 121 Å². The Hall–Kier alpha value is -1.06. The van der Waals surface area contributed by atoms with Crippen LogP contribution in [0.1, 0.15) is 49.8 Å². The highest BCUT2D eigenvalue weighted by atomic mass is 16.5. The summed E-state index contributed by atoms with van der Waals surface area (Å²) < 4.78 is 5.98. The number of aliphatic hydroxyl groups is 1. The minimum atomic E-state index is -0.425. The SMILES string of the molecule is CCC1CCCCN1C1COc2c(C)cccc2C1O. The van der Waals surface area contributed by atoms with Gasteiger partial charge >= 0.3 is 0 Å². The van der Waals surface area contributed by atoms with Crippen molar-refractivity contribution in [3.8, 4) is 5.75 Å². The van der Waals surface area contributed by atoms with Crippen LogP contribution in [0.4, 0.5) is 0 Å². The summed E-state index contributed by atoms with van der Waals surface area (Å²) in [6.45, 7) is 5.99. The predicted octanol–water partition coefficient (Wildman–Crippen LogP) is 3.05. The average molecular weight is 275 g/mol. The molecule has 1 saturated heterocycles. The number of piperidine rings is 1. The van der Waals surface area contributed by atoms with Crippen LogP contribution in [-0.4, -0.2) is 35.2 Å². The zero-order valence-corrected chi connectivity index (χ0v) is 12.5. The van der Waals surface area contributed by atoms with E-state index < -0.39 is 6.10 Å². The van der Waals surface area contributed by atoms with Gasteiger partial charge in [-0.1, -0.05) is 31.5 Å². The molecule has 0 bridgehead atoms. The van der Waals surface area contributed by atoms with Crippen LogP contribution in [0, 0.1) is 6.92 Å². The Balaban J connectivity index is 1.86. The molecule has 0 aliphatic carbocycles. The highest BCUT2D eigenvalue weighted by Gasteiger charge is 2.37. The molecule has 1 aromatic rings. The molecule has 0 amide bonds. The van der Waals surface area contributed by atoms with Crippen molar-refractivity contribution >= 4 is 0 Å². The first kappa shape index (κ1) is 13.9. The van der Waals surface area contributed by atoms with Crippen molar-refractivity contribution in [2.45, 2.75) is 57.7 Å². The third-order valence-electron chi connectivity index (χ3n) is 4.89. The van der Waals surface area contributed by atoms with Gasteiger partial charge in [-0.05, 0) is 38.3 Å². The van der Waals surface area contributed by atoms with E-state index in [4.69, 9.17) is 4.74 Å². The van der Waals surface area contributed by atoms with E-state index in [-0.39, 0.29) is 6.04 Å². The summed E-state index contributed by atoms with van der Waals surface area (Å²) in [5.41, 5.74) is 2.08. The molecule has 0 spiro atoms. The van der Waals surface area contributed by atoms with Crippen LogP contribution in [0.5, 0.6) is 5.75 Å². The number of rotatable bonds is 2. The second kappa shape index (κ2) is 5.74. The fraction of sp³-hybridized carbons (Fsp3) is 0.647. The summed E-state index contributed by atoms with van der Waals surface area (Å²) in [4.78, 5) is 2.49. The van der Waals surface area contributed by atoms with Crippen molar-refractivity contribution in [3.63, 3.8) is 0 Å². The van der Waals surface area contributed by atoms with Crippen LogP contribution in [0.15, 0.2) is 18.2 Å². The van der Waals surface area contributed by atoms with Gasteiger partial charge in [0.1, 0.15) is 18.5 Å². The smallest absolute Gasteiger partial charge is 0.128 e. The van der Waals surface area contributed by atoms with E-state index >= 15 is 0 Å². The average Bonchev–Trinajstić information content (AvgIpc) is 2.48. The maximum atomic E-state index is 10.8. The first-order chi connectivity index (χ1) is 9.72. The second-order valence-corrected chi connectivity index (χ2v) is 6.11. The second-order valence-electron chi connectivity index (χ2n) is 6.11. The summed E-state index contributed by atoms with van der Waals surface area (Å²) >= 11 is 0. The minimum Gasteiger partial charge on any atom is -0.491 e. The Morgan fingerprint density at radius 2 is 2.20 bits per heavy atom. The molecule has 3 atom stereocenters. The number of nitrogens with zero attached hydrogens (tertiary/aromatic N) is 1. The van der Waals surface area contributed by atoms with E-state index in [9.17, 15) is 5.11 Å². The molecule has 0 saturated carbocycles. The van der Waals surface area contributed by atoms with E-state index in [1.54, 1.807) is 0 Å². The normalized spacial score (nSPS) is 30.6. The lowest BCUT2D eigenvalue weighted by molar-refractivity contribution is -0.0295. The molecule has 110 valence electrons. The molecule has 2 aliphatic rings. The van der Waals surface area contributed by atoms with Crippen molar-refractivity contribution in [2.75, 3.05) is 13.2 Å². The number of hydrogen-bond acceptors (Lipinski definition) is 3. The number of para-hydroxylation sites is 1. The quantitative estimate of drug-likeness (QED) is 0.900. The molecule has 3 unspecified atom stereocenters. The zero-order chi connectivity index (χ0) is 14.1. The molecule has 3 heteroatoms. The number of aryl methyl sites for hydroxylation is 1. The molecular weight excluding hydrogens is 250 g/mol. The summed E-state index contributed by atoms with van der Waals surface area (Å²) in [7, 11) is 0. The first-order valence-corrected chi connectivity index (χ1v) is 7.88. The van der Waals surface area contributed by atoms with Crippen molar-refractivity contribution < 1.29 is 9.84 Å². The lowest BCUT2D eigenvalue weighted by Crippen LogP contribution is -2.52. The van der Waals surface area contributed by atoms with Crippen molar-refractivity contribution in [2.24, 2.45) is 0 Å². The standard InChI is InChI=1S/C17H25NO2/c1-3-13-8-4-5-10-18(13)15-11-20-17-12(2)7-6-9-14(17)16(15)19/h6-7,9,13,15-16,19H,3-5,8,10-11H2,1-2H3. The van der Waals surface area contributed by atoms with E-state index in [0.29, 0.717) is 12.6 Å². The number of likely N-dealkylation sites (tertiary alicyclic amines) is 1. The Kier molecular flexibility index (Phi) is 3.99. The number of aliphatic hydroxyl groups excluding tert-OH is 1. The monoisotopic (exact) mass is 275 g/mol. The lowest BCUT2D eigenvalue weighted by Gasteiger charge is -2.44. The van der Waals surface area contributed by atoms with Crippen LogP contribution < -0.4 is 4.74 Å². The number of benzene rings is 1. The molecule has 2 heterocycles. The number of fused-ring (bicyclic) bond motifs is 1. The van der Waals surface area contributed by atoms with Gasteiger partial charge in [0.15, 0.2) is 0 Å². The van der Waals surface area contributed by atoms with Gasteiger partial charge in [-0.15, -0.1) is 0 Å². The van der Waals surface area contributed by atoms with Gasteiger partial charge in [0, 0.05) is 11.6 Å². The third-order valence-corrected chi connectivity index (χ3v) is 4.89. The number of hydrogen-bond donors (Lipinski definition) is 1. The molecule has 20 heavy (non-hydrogen) atoms. The Bertz CT molecular complexity index is 474. The van der Waals surface area contributed by atoms with Crippen LogP contribution in [0.25, 0.3) is 0 Å². The van der Waals surface area contributed by atoms with Gasteiger partial charge in [0.2, 0.25) is 0 Å². The van der Waals surface area contributed by atoms with Crippen LogP contribution in [0.3, 0.4) is 0 Å². The summed E-state index contributed by atoms with van der Waals surface area (Å²) in [5, 5.41) is 10.8. The van der Waals surface area contributed by atoms with Gasteiger partial charge in [0.05, 0.1) is 6.04 Å². The maximum absolute atomic E-state index is 10.8. The van der Waals surface area contributed by atoms with Crippen LogP contribution in [0.2, 0.25) is 0 Å². The van der Waals surface area contributed by atoms with Crippen molar-refractivity contribution in [1.29, 1.82) is 0 Å². The lowest BCUT2D eigenvalue weighted by atomic mass is 9.91. The summed E-state index contributed by atoms with van der Waals surface area (Å²) in [6.07, 6.45) is 4.53. The summed E-state index contributed by atoms with van der Waals surface area (Å²) in [6, 6.07) is 6.76. The molecule has 3 rings (SSSR count). The topological polar surface area (TPSA) is 32.7 Å². The Morgan fingerprint density at radius 1 is 1.35 bits per heavy atom. The van der Waals surface area contributed by atoms with Gasteiger partial charge in [-0.25, -0.2) is 0 Å². The predicted molar refractivity (Wildman–Crippen MR) is 80.1 cm³/mol. The summed E-state index contributed by atoms with van der Waals surface area (Å²) in [5.74, 6) is 0.890. The van der Waals surface area contributed by atoms with E-state index in [1.807, 2.05) is 25.1 Å². The van der Waals surface area contributed by atoms with E-state index in [1.165, 1.54) is 19.3 Å². The Morgan fingerprint density at radius 3 is 3.00 bits per heavy atom. The molecule has 3 nitrogen and oxygen atoms in total. The highest BCUT2D eigenvalue weighted by Crippen LogP contribution is 2.38. The molecule has 2 aliphatic heterocycles. The number of ether oxygens (including phenoxy) is 1. The van der Waals surface area contributed by atoms with Crippen molar-refractivity contribution in [3.05, 3.63) is 29.3 Å².